The molecule has 0 aliphatic heterocycles. The van der Waals surface area contributed by atoms with E-state index in [0.717, 1.165) is 22.0 Å². The van der Waals surface area contributed by atoms with Gasteiger partial charge in [-0.05, 0) is 31.1 Å². The Morgan fingerprint density at radius 1 is 1.09 bits per heavy atom. The predicted octanol–water partition coefficient (Wildman–Crippen LogP) is 2.87. The quantitative estimate of drug-likeness (QED) is 0.331. The van der Waals surface area contributed by atoms with Gasteiger partial charge < -0.3 is 20.9 Å². The second-order valence-electron chi connectivity index (χ2n) is 8.16. The molecule has 1 aromatic heterocycles. The van der Waals surface area contributed by atoms with Crippen molar-refractivity contribution in [3.8, 4) is 0 Å². The summed E-state index contributed by atoms with van der Waals surface area (Å²) in [6.07, 6.45) is 9.68. The fourth-order valence-electron chi connectivity index (χ4n) is 3.53. The van der Waals surface area contributed by atoms with E-state index in [0.29, 0.717) is 6.42 Å². The third-order valence-electron chi connectivity index (χ3n) is 5.53. The number of para-hydroxylation sites is 1. The van der Waals surface area contributed by atoms with Crippen molar-refractivity contribution in [3.05, 3.63) is 72.5 Å². The first-order chi connectivity index (χ1) is 16.8. The normalized spacial score (nSPS) is 13.3. The molecule has 0 saturated heterocycles. The third-order valence-corrected chi connectivity index (χ3v) is 5.53. The van der Waals surface area contributed by atoms with Crippen LogP contribution in [0.5, 0.6) is 0 Å². The van der Waals surface area contributed by atoms with Crippen LogP contribution in [0.25, 0.3) is 10.9 Å². The van der Waals surface area contributed by atoms with Gasteiger partial charge in [0.15, 0.2) is 5.78 Å². The summed E-state index contributed by atoms with van der Waals surface area (Å²) < 4.78 is 0. The number of ketones is 1. The molecule has 2 unspecified atom stereocenters. The minimum atomic E-state index is -0.861. The van der Waals surface area contributed by atoms with Crippen LogP contribution in [-0.4, -0.2) is 47.1 Å². The van der Waals surface area contributed by atoms with E-state index in [4.69, 9.17) is 0 Å². The van der Waals surface area contributed by atoms with Crippen LogP contribution in [0, 0.1) is 0 Å². The number of H-pyrrole nitrogens is 1. The molecular weight excluding hydrogens is 444 g/mol. The lowest BCUT2D eigenvalue weighted by molar-refractivity contribution is -0.131. The molecule has 2 aromatic rings. The third kappa shape index (κ3) is 8.41. The average Bonchev–Trinajstić information content (AvgIpc) is 3.26. The standard InChI is InChI=1S/C27H34N4O4/c1-5-8-11-19(6-2)14-24(31-25(33)7-3)27(35)29-17-26(34)30-23(18(4)32)15-20-16-28-22-13-10-9-12-21(20)22/h5-6,8-13,16,23-24,28H,2,7,14-15,17H2,1,3-4H3,(H,29,35)(H,30,34)(H,31,33)/b8-5-,19-11+. The highest BCUT2D eigenvalue weighted by Gasteiger charge is 2.23. The number of nitrogens with one attached hydrogen (secondary N) is 4. The number of Topliss-reactive ketones (excluding diaryl/α,β-unsaturated/α-hetero) is 1. The lowest BCUT2D eigenvalue weighted by Crippen LogP contribution is -2.51. The van der Waals surface area contributed by atoms with Gasteiger partial charge in [0, 0.05) is 36.4 Å². The lowest BCUT2D eigenvalue weighted by atomic mass is 10.0. The Kier molecular flexibility index (Phi) is 10.7. The molecule has 0 spiro atoms. The van der Waals surface area contributed by atoms with Crippen molar-refractivity contribution < 1.29 is 19.2 Å². The highest BCUT2D eigenvalue weighted by molar-refractivity contribution is 5.93. The Morgan fingerprint density at radius 2 is 1.80 bits per heavy atom. The fourth-order valence-corrected chi connectivity index (χ4v) is 3.53. The van der Waals surface area contributed by atoms with E-state index in [2.05, 4.69) is 27.5 Å². The molecular formula is C27H34N4O4. The first kappa shape index (κ1) is 27.3. The summed E-state index contributed by atoms with van der Waals surface area (Å²) in [5.41, 5.74) is 2.63. The Hall–Kier alpha value is -3.94. The van der Waals surface area contributed by atoms with Gasteiger partial charge in [-0.2, -0.15) is 0 Å². The highest BCUT2D eigenvalue weighted by Crippen LogP contribution is 2.19. The van der Waals surface area contributed by atoms with Gasteiger partial charge in [-0.25, -0.2) is 0 Å². The summed E-state index contributed by atoms with van der Waals surface area (Å²) in [6, 6.07) is 6.13. The Labute approximate surface area is 205 Å². The molecule has 0 bridgehead atoms. The molecule has 0 saturated carbocycles. The van der Waals surface area contributed by atoms with Crippen molar-refractivity contribution in [3.63, 3.8) is 0 Å². The van der Waals surface area contributed by atoms with Gasteiger partial charge in [-0.3, -0.25) is 19.2 Å². The number of rotatable bonds is 13. The number of amides is 3. The molecule has 1 heterocycles. The van der Waals surface area contributed by atoms with Gasteiger partial charge in [0.05, 0.1) is 12.6 Å². The molecule has 1 aromatic carbocycles. The van der Waals surface area contributed by atoms with E-state index in [1.807, 2.05) is 49.5 Å². The van der Waals surface area contributed by atoms with Crippen LogP contribution in [0.15, 0.2) is 66.9 Å². The summed E-state index contributed by atoms with van der Waals surface area (Å²) in [5, 5.41) is 8.94. The summed E-state index contributed by atoms with van der Waals surface area (Å²) in [5.74, 6) is -1.45. The van der Waals surface area contributed by atoms with E-state index in [9.17, 15) is 19.2 Å². The maximum Gasteiger partial charge on any atom is 0.243 e. The van der Waals surface area contributed by atoms with Crippen molar-refractivity contribution in [2.45, 2.75) is 52.1 Å². The Morgan fingerprint density at radius 3 is 2.46 bits per heavy atom. The van der Waals surface area contributed by atoms with Gasteiger partial charge in [0.25, 0.3) is 0 Å². The van der Waals surface area contributed by atoms with Gasteiger partial charge in [-0.1, -0.05) is 56.0 Å². The monoisotopic (exact) mass is 478 g/mol. The molecule has 3 amide bonds. The zero-order valence-corrected chi connectivity index (χ0v) is 20.5. The fraction of sp³-hybridized carbons (Fsp3) is 0.333. The molecule has 0 aliphatic carbocycles. The lowest BCUT2D eigenvalue weighted by Gasteiger charge is -2.20. The SMILES string of the molecule is C=C/C(=C\C=C/C)CC(NC(=O)CC)C(=O)NCC(=O)NC(Cc1c[nH]c2ccccc12)C(C)=O. The number of allylic oxidation sites excluding steroid dienone is 4. The van der Waals surface area contributed by atoms with Crippen LogP contribution in [0.3, 0.4) is 0 Å². The van der Waals surface area contributed by atoms with E-state index in [1.165, 1.54) is 6.92 Å². The van der Waals surface area contributed by atoms with Crippen molar-refractivity contribution in [1.82, 2.24) is 20.9 Å². The number of carbonyl (C=O) groups is 4. The van der Waals surface area contributed by atoms with Gasteiger partial charge >= 0.3 is 0 Å². The molecule has 8 nitrogen and oxygen atoms in total. The summed E-state index contributed by atoms with van der Waals surface area (Å²) in [4.78, 5) is 52.7. The first-order valence-electron chi connectivity index (χ1n) is 11.6. The van der Waals surface area contributed by atoms with Crippen molar-refractivity contribution in [2.75, 3.05) is 6.54 Å². The Bertz CT molecular complexity index is 1130. The molecule has 8 heteroatoms. The van der Waals surface area contributed by atoms with E-state index < -0.39 is 23.9 Å². The molecule has 0 aliphatic rings. The topological polar surface area (TPSA) is 120 Å². The average molecular weight is 479 g/mol. The largest absolute Gasteiger partial charge is 0.361 e. The summed E-state index contributed by atoms with van der Waals surface area (Å²) in [6.45, 7) is 8.41. The van der Waals surface area contributed by atoms with Gasteiger partial charge in [0.2, 0.25) is 17.7 Å². The number of carbonyl (C=O) groups excluding carboxylic acids is 4. The first-order valence-corrected chi connectivity index (χ1v) is 11.6. The number of hydrogen-bond acceptors (Lipinski definition) is 4. The maximum atomic E-state index is 12.8. The minimum Gasteiger partial charge on any atom is -0.361 e. The van der Waals surface area contributed by atoms with Gasteiger partial charge in [-0.15, -0.1) is 0 Å². The zero-order valence-electron chi connectivity index (χ0n) is 20.5. The van der Waals surface area contributed by atoms with Crippen LogP contribution < -0.4 is 16.0 Å². The van der Waals surface area contributed by atoms with Crippen LogP contribution in [-0.2, 0) is 25.6 Å². The molecule has 4 N–H and O–H groups in total. The number of aromatic nitrogens is 1. The van der Waals surface area contributed by atoms with Crippen molar-refractivity contribution in [2.24, 2.45) is 0 Å². The number of hydrogen-bond donors (Lipinski definition) is 4. The second kappa shape index (κ2) is 13.7. The van der Waals surface area contributed by atoms with Crippen molar-refractivity contribution in [1.29, 1.82) is 0 Å². The second-order valence-corrected chi connectivity index (χ2v) is 8.16. The Balaban J connectivity index is 2.02. The summed E-state index contributed by atoms with van der Waals surface area (Å²) in [7, 11) is 0. The molecule has 2 atom stereocenters. The molecule has 0 fully saturated rings. The van der Waals surface area contributed by atoms with Crippen LogP contribution in [0.4, 0.5) is 0 Å². The van der Waals surface area contributed by atoms with E-state index in [1.54, 1.807) is 19.1 Å². The predicted molar refractivity (Wildman–Crippen MR) is 138 cm³/mol. The number of benzene rings is 1. The van der Waals surface area contributed by atoms with Crippen molar-refractivity contribution >= 4 is 34.4 Å². The molecule has 2 rings (SSSR count). The van der Waals surface area contributed by atoms with E-state index in [-0.39, 0.29) is 31.1 Å². The van der Waals surface area contributed by atoms with Crippen LogP contribution in [0.2, 0.25) is 0 Å². The maximum absolute atomic E-state index is 12.8. The smallest absolute Gasteiger partial charge is 0.243 e. The number of fused-ring (bicyclic) bond motifs is 1. The number of aromatic amines is 1. The van der Waals surface area contributed by atoms with Gasteiger partial charge in [0.1, 0.15) is 6.04 Å². The highest BCUT2D eigenvalue weighted by atomic mass is 16.2. The molecule has 186 valence electrons. The summed E-state index contributed by atoms with van der Waals surface area (Å²) >= 11 is 0. The van der Waals surface area contributed by atoms with Crippen LogP contribution in [0.1, 0.15) is 39.2 Å². The minimum absolute atomic E-state index is 0.187. The van der Waals surface area contributed by atoms with E-state index >= 15 is 0 Å². The molecule has 0 radical (unpaired) electrons. The molecule has 35 heavy (non-hydrogen) atoms. The van der Waals surface area contributed by atoms with Crippen LogP contribution >= 0.6 is 0 Å². The zero-order chi connectivity index (χ0) is 25.8.